The number of benzene rings is 1. The molecule has 0 radical (unpaired) electrons. The second kappa shape index (κ2) is 7.32. The third-order valence-corrected chi connectivity index (χ3v) is 4.35. The van der Waals surface area contributed by atoms with Gasteiger partial charge >= 0.3 is 0 Å². The Hall–Kier alpha value is -2.29. The van der Waals surface area contributed by atoms with Gasteiger partial charge in [0.1, 0.15) is 5.76 Å². The largest absolute Gasteiger partial charge is 0.467 e. The molecular weight excluding hydrogens is 286 g/mol. The van der Waals surface area contributed by atoms with Crippen molar-refractivity contribution in [2.24, 2.45) is 5.92 Å². The fraction of sp³-hybridized carbons (Fsp3) is 0.350. The van der Waals surface area contributed by atoms with Crippen LogP contribution in [0.3, 0.4) is 0 Å². The molecule has 120 valence electrons. The highest BCUT2D eigenvalue weighted by Gasteiger charge is 2.29. The van der Waals surface area contributed by atoms with E-state index in [1.54, 1.807) is 6.26 Å². The third kappa shape index (κ3) is 4.13. The Balaban J connectivity index is 1.72. The standard InChI is InChI=1S/C20H23NO2/c1-16(13-17-7-3-2-4-8-17)14-21(15-19-11-6-12-23-19)20(22)18-9-5-10-18/h2-4,6-8,11-13,18H,5,9-10,14-15H2,1H3/b16-13+. The average Bonchev–Trinajstić information content (AvgIpc) is 2.98. The van der Waals surface area contributed by atoms with E-state index in [4.69, 9.17) is 4.42 Å². The fourth-order valence-electron chi connectivity index (χ4n) is 2.90. The first-order chi connectivity index (χ1) is 11.2. The summed E-state index contributed by atoms with van der Waals surface area (Å²) in [5.74, 6) is 1.30. The van der Waals surface area contributed by atoms with Gasteiger partial charge < -0.3 is 9.32 Å². The molecule has 1 fully saturated rings. The summed E-state index contributed by atoms with van der Waals surface area (Å²) in [5, 5.41) is 0. The summed E-state index contributed by atoms with van der Waals surface area (Å²) >= 11 is 0. The summed E-state index contributed by atoms with van der Waals surface area (Å²) in [6.07, 6.45) is 7.02. The second-order valence-electron chi connectivity index (χ2n) is 6.30. The summed E-state index contributed by atoms with van der Waals surface area (Å²) in [6.45, 7) is 3.27. The van der Waals surface area contributed by atoms with E-state index in [9.17, 15) is 4.79 Å². The van der Waals surface area contributed by atoms with Gasteiger partial charge in [-0.05, 0) is 37.5 Å². The zero-order valence-corrected chi connectivity index (χ0v) is 13.6. The van der Waals surface area contributed by atoms with Crippen molar-refractivity contribution in [3.05, 3.63) is 65.6 Å². The number of rotatable bonds is 6. The smallest absolute Gasteiger partial charge is 0.226 e. The first-order valence-corrected chi connectivity index (χ1v) is 8.26. The maximum Gasteiger partial charge on any atom is 0.226 e. The van der Waals surface area contributed by atoms with Crippen molar-refractivity contribution < 1.29 is 9.21 Å². The number of carbonyl (C=O) groups excluding carboxylic acids is 1. The van der Waals surface area contributed by atoms with E-state index in [0.29, 0.717) is 13.1 Å². The van der Waals surface area contributed by atoms with Crippen LogP contribution in [-0.4, -0.2) is 17.4 Å². The molecule has 0 unspecified atom stereocenters. The summed E-state index contributed by atoms with van der Waals surface area (Å²) in [5.41, 5.74) is 2.34. The summed E-state index contributed by atoms with van der Waals surface area (Å²) in [7, 11) is 0. The molecule has 2 aromatic rings. The van der Waals surface area contributed by atoms with E-state index in [0.717, 1.165) is 18.6 Å². The SMILES string of the molecule is C/C(=C\c1ccccc1)CN(Cc1ccco1)C(=O)C1CCC1. The lowest BCUT2D eigenvalue weighted by Gasteiger charge is -2.31. The van der Waals surface area contributed by atoms with Gasteiger partial charge in [0, 0.05) is 12.5 Å². The molecule has 0 spiro atoms. The fourth-order valence-corrected chi connectivity index (χ4v) is 2.90. The Labute approximate surface area is 137 Å². The third-order valence-electron chi connectivity index (χ3n) is 4.35. The van der Waals surface area contributed by atoms with Gasteiger partial charge in [-0.1, -0.05) is 48.4 Å². The van der Waals surface area contributed by atoms with Crippen LogP contribution in [0.1, 0.15) is 37.5 Å². The minimum absolute atomic E-state index is 0.203. The van der Waals surface area contributed by atoms with E-state index in [-0.39, 0.29) is 11.8 Å². The molecule has 3 rings (SSSR count). The molecule has 1 saturated carbocycles. The Morgan fingerprint density at radius 1 is 1.22 bits per heavy atom. The Morgan fingerprint density at radius 2 is 2.00 bits per heavy atom. The van der Waals surface area contributed by atoms with Gasteiger partial charge in [0.2, 0.25) is 5.91 Å². The van der Waals surface area contributed by atoms with Crippen LogP contribution < -0.4 is 0 Å². The van der Waals surface area contributed by atoms with Crippen molar-refractivity contribution >= 4 is 12.0 Å². The zero-order valence-electron chi connectivity index (χ0n) is 13.6. The highest BCUT2D eigenvalue weighted by atomic mass is 16.3. The molecular formula is C20H23NO2. The van der Waals surface area contributed by atoms with Gasteiger partial charge in [-0.2, -0.15) is 0 Å². The molecule has 23 heavy (non-hydrogen) atoms. The lowest BCUT2D eigenvalue weighted by atomic mass is 9.84. The van der Waals surface area contributed by atoms with Crippen molar-refractivity contribution in [1.82, 2.24) is 4.90 Å². The molecule has 3 heteroatoms. The Bertz CT molecular complexity index is 654. The average molecular weight is 309 g/mol. The van der Waals surface area contributed by atoms with Crippen LogP contribution in [0.15, 0.2) is 58.7 Å². The topological polar surface area (TPSA) is 33.5 Å². The van der Waals surface area contributed by atoms with Crippen LogP contribution in [0.4, 0.5) is 0 Å². The molecule has 0 aliphatic heterocycles. The first kappa shape index (κ1) is 15.6. The number of amides is 1. The van der Waals surface area contributed by atoms with Gasteiger partial charge in [0.25, 0.3) is 0 Å². The molecule has 1 aliphatic carbocycles. The second-order valence-corrected chi connectivity index (χ2v) is 6.30. The zero-order chi connectivity index (χ0) is 16.1. The van der Waals surface area contributed by atoms with Crippen molar-refractivity contribution in [3.63, 3.8) is 0 Å². The number of nitrogens with zero attached hydrogens (tertiary/aromatic N) is 1. The number of furan rings is 1. The lowest BCUT2D eigenvalue weighted by Crippen LogP contribution is -2.39. The van der Waals surface area contributed by atoms with Gasteiger partial charge in [0.15, 0.2) is 0 Å². The molecule has 0 saturated heterocycles. The van der Waals surface area contributed by atoms with E-state index in [2.05, 4.69) is 25.1 Å². The molecule has 1 heterocycles. The van der Waals surface area contributed by atoms with Gasteiger partial charge in [-0.3, -0.25) is 4.79 Å². The Morgan fingerprint density at radius 3 is 2.61 bits per heavy atom. The molecule has 1 amide bonds. The molecule has 1 aliphatic rings. The predicted octanol–water partition coefficient (Wildman–Crippen LogP) is 4.51. The molecule has 1 aromatic carbocycles. The van der Waals surface area contributed by atoms with Gasteiger partial charge in [-0.25, -0.2) is 0 Å². The minimum Gasteiger partial charge on any atom is -0.467 e. The number of carbonyl (C=O) groups is 1. The van der Waals surface area contributed by atoms with Crippen LogP contribution in [-0.2, 0) is 11.3 Å². The van der Waals surface area contributed by atoms with E-state index >= 15 is 0 Å². The van der Waals surface area contributed by atoms with Crippen LogP contribution in [0, 0.1) is 5.92 Å². The number of hydrogen-bond acceptors (Lipinski definition) is 2. The molecule has 0 N–H and O–H groups in total. The van der Waals surface area contributed by atoms with Crippen LogP contribution in [0.25, 0.3) is 6.08 Å². The maximum atomic E-state index is 12.7. The van der Waals surface area contributed by atoms with Gasteiger partial charge in [-0.15, -0.1) is 0 Å². The van der Waals surface area contributed by atoms with Gasteiger partial charge in [0.05, 0.1) is 12.8 Å². The first-order valence-electron chi connectivity index (χ1n) is 8.26. The molecule has 1 aromatic heterocycles. The van der Waals surface area contributed by atoms with Crippen molar-refractivity contribution in [3.8, 4) is 0 Å². The van der Waals surface area contributed by atoms with Crippen LogP contribution in [0.5, 0.6) is 0 Å². The van der Waals surface area contributed by atoms with Crippen molar-refractivity contribution in [2.75, 3.05) is 6.54 Å². The monoisotopic (exact) mass is 309 g/mol. The quantitative estimate of drug-likeness (QED) is 0.786. The van der Waals surface area contributed by atoms with Crippen LogP contribution in [0.2, 0.25) is 0 Å². The van der Waals surface area contributed by atoms with E-state index in [1.165, 1.54) is 17.6 Å². The maximum absolute atomic E-state index is 12.7. The summed E-state index contributed by atoms with van der Waals surface area (Å²) < 4.78 is 5.43. The van der Waals surface area contributed by atoms with E-state index < -0.39 is 0 Å². The van der Waals surface area contributed by atoms with Crippen LogP contribution >= 0.6 is 0 Å². The molecule has 0 atom stereocenters. The highest BCUT2D eigenvalue weighted by Crippen LogP contribution is 2.29. The summed E-state index contributed by atoms with van der Waals surface area (Å²) in [4.78, 5) is 14.6. The minimum atomic E-state index is 0.203. The predicted molar refractivity (Wildman–Crippen MR) is 91.6 cm³/mol. The lowest BCUT2D eigenvalue weighted by molar-refractivity contribution is -0.138. The van der Waals surface area contributed by atoms with E-state index in [1.807, 2.05) is 35.2 Å². The highest BCUT2D eigenvalue weighted by molar-refractivity contribution is 5.80. The number of hydrogen-bond donors (Lipinski definition) is 0. The summed E-state index contributed by atoms with van der Waals surface area (Å²) in [6, 6.07) is 14.0. The normalized spacial score (nSPS) is 15.3. The molecule has 3 nitrogen and oxygen atoms in total. The molecule has 0 bridgehead atoms. The van der Waals surface area contributed by atoms with Crippen molar-refractivity contribution in [2.45, 2.75) is 32.7 Å². The Kier molecular flexibility index (Phi) is 4.96. The van der Waals surface area contributed by atoms with Crippen molar-refractivity contribution in [1.29, 1.82) is 0 Å².